The van der Waals surface area contributed by atoms with Crippen LogP contribution in [-0.4, -0.2) is 204 Å². The van der Waals surface area contributed by atoms with Crippen LogP contribution in [-0.2, 0) is 61.2 Å². The molecule has 2 aliphatic heterocycles. The van der Waals surface area contributed by atoms with Gasteiger partial charge in [0.25, 0.3) is 0 Å². The molecule has 93 heavy (non-hydrogen) atoms. The van der Waals surface area contributed by atoms with Crippen molar-refractivity contribution in [2.45, 2.75) is 362 Å². The number of ether oxygens (including phenoxy) is 7. The Labute approximate surface area is 554 Å². The lowest BCUT2D eigenvalue weighted by Gasteiger charge is -2.49. The van der Waals surface area contributed by atoms with Gasteiger partial charge in [0.1, 0.15) is 98.7 Å². The van der Waals surface area contributed by atoms with Crippen LogP contribution in [0.25, 0.3) is 0 Å². The molecular formula is C68H123O24P. The number of carbonyl (C=O) groups excluding carboxylic acids is 3. The molecule has 2 heterocycles. The minimum absolute atomic E-state index is 0.00785. The van der Waals surface area contributed by atoms with E-state index in [1.54, 1.807) is 0 Å². The van der Waals surface area contributed by atoms with E-state index in [-0.39, 0.29) is 19.3 Å². The molecule has 0 spiro atoms. The first-order valence-corrected chi connectivity index (χ1v) is 37.1. The molecule has 18 unspecified atom stereocenters. The number of hydrogen-bond acceptors (Lipinski definition) is 23. The fourth-order valence-corrected chi connectivity index (χ4v) is 12.5. The zero-order chi connectivity index (χ0) is 68.2. The van der Waals surface area contributed by atoms with E-state index < -0.39 is 156 Å². The zero-order valence-corrected chi connectivity index (χ0v) is 57.2. The molecule has 2 saturated heterocycles. The highest BCUT2D eigenvalue weighted by molar-refractivity contribution is 7.47. The number of phosphoric acid groups is 1. The number of phosphoric ester groups is 1. The Kier molecular flexibility index (Phi) is 46.2. The third kappa shape index (κ3) is 34.7. The summed E-state index contributed by atoms with van der Waals surface area (Å²) in [6.07, 6.45) is 8.56. The van der Waals surface area contributed by atoms with Crippen LogP contribution >= 0.6 is 7.82 Å². The Morgan fingerprint density at radius 3 is 1.17 bits per heavy atom. The fraction of sp³-hybridized carbons (Fsp3) is 0.897. The summed E-state index contributed by atoms with van der Waals surface area (Å²) < 4.78 is 64.8. The van der Waals surface area contributed by atoms with E-state index in [1.165, 1.54) is 103 Å². The van der Waals surface area contributed by atoms with Crippen molar-refractivity contribution in [3.05, 3.63) is 24.3 Å². The van der Waals surface area contributed by atoms with E-state index in [0.717, 1.165) is 96.3 Å². The Morgan fingerprint density at radius 1 is 0.409 bits per heavy atom. The number of allylic oxidation sites excluding steroid dienone is 4. The summed E-state index contributed by atoms with van der Waals surface area (Å²) in [6, 6.07) is 0. The maximum atomic E-state index is 14.3. The van der Waals surface area contributed by atoms with Crippen molar-refractivity contribution in [3.8, 4) is 0 Å². The molecule has 1 saturated carbocycles. The second-order valence-corrected chi connectivity index (χ2v) is 27.0. The lowest BCUT2D eigenvalue weighted by atomic mass is 9.84. The fourth-order valence-electron chi connectivity index (χ4n) is 11.6. The maximum Gasteiger partial charge on any atom is 0.472 e. The summed E-state index contributed by atoms with van der Waals surface area (Å²) in [7, 11) is -5.69. The molecule has 24 nitrogen and oxygen atoms in total. The van der Waals surface area contributed by atoms with Crippen LogP contribution in [0.3, 0.4) is 0 Å². The van der Waals surface area contributed by atoms with Gasteiger partial charge in [0, 0.05) is 19.3 Å². The molecule has 0 aromatic carbocycles. The topological polar surface area (TPSA) is 374 Å². The van der Waals surface area contributed by atoms with Gasteiger partial charge in [-0.25, -0.2) is 4.57 Å². The third-order valence-electron chi connectivity index (χ3n) is 17.5. The predicted molar refractivity (Wildman–Crippen MR) is 347 cm³/mol. The quantitative estimate of drug-likeness (QED) is 0.00892. The van der Waals surface area contributed by atoms with Crippen LogP contribution in [0.2, 0.25) is 0 Å². The van der Waals surface area contributed by atoms with Gasteiger partial charge >= 0.3 is 25.7 Å². The highest BCUT2D eigenvalue weighted by Crippen LogP contribution is 2.49. The normalized spacial score (nSPS) is 28.6. The smallest absolute Gasteiger partial charge is 0.463 e. The molecule has 544 valence electrons. The molecule has 25 heteroatoms. The van der Waals surface area contributed by atoms with Crippen LogP contribution < -0.4 is 0 Å². The van der Waals surface area contributed by atoms with Crippen molar-refractivity contribution in [1.82, 2.24) is 0 Å². The first kappa shape index (κ1) is 84.7. The number of esters is 3. The van der Waals surface area contributed by atoms with E-state index in [1.807, 2.05) is 0 Å². The molecule has 0 amide bonds. The van der Waals surface area contributed by atoms with Gasteiger partial charge in [0.2, 0.25) is 0 Å². The SMILES string of the molecule is CCCCCCCC/C=C\CCCCCC(=O)OCC(COP(=O)(O)OC1C(OC2OC(CO)C(O)C(O)C2O)C(O)C(O)C(O)C1OC1OC(COC(=O)CCCCC/C=C\CCCCCCCCC)C(O)C(O)C1O)OC(=O)CCCCCCCCCCCCC. The minimum Gasteiger partial charge on any atom is -0.463 e. The van der Waals surface area contributed by atoms with Gasteiger partial charge in [-0.15, -0.1) is 0 Å². The Hall–Kier alpha value is -2.56. The first-order valence-electron chi connectivity index (χ1n) is 35.6. The van der Waals surface area contributed by atoms with Crippen molar-refractivity contribution in [1.29, 1.82) is 0 Å². The molecule has 3 aliphatic rings. The number of aliphatic hydroxyl groups excluding tert-OH is 10. The van der Waals surface area contributed by atoms with Crippen LogP contribution in [0.4, 0.5) is 0 Å². The van der Waals surface area contributed by atoms with Crippen molar-refractivity contribution >= 4 is 25.7 Å². The van der Waals surface area contributed by atoms with Crippen molar-refractivity contribution in [2.24, 2.45) is 0 Å². The standard InChI is InChI=1S/C68H123O24P/c1-4-7-10-13-16-19-22-24-26-29-31-34-37-40-43-53(71)85-48-51-56(74)58(76)63(81)68(89-51)91-65-61(79)59(77)60(78)64(90-67-62(80)57(75)55(73)50(45-69)88-67)66(65)92-93(82,83)86-47-49(87-54(72)44-41-38-35-32-27-21-18-15-12-9-6-3)46-84-52(70)42-39-36-33-30-28-25-23-20-17-14-11-8-5-2/h25-26,28-29,49-51,55-69,73-81H,4-24,27,30-48H2,1-3H3,(H,82,83)/b28-25-,29-26-. The number of unbranched alkanes of at least 4 members (excludes halogenated alkanes) is 29. The zero-order valence-electron chi connectivity index (χ0n) is 56.3. The highest BCUT2D eigenvalue weighted by atomic mass is 31.2. The summed E-state index contributed by atoms with van der Waals surface area (Å²) in [6.45, 7) is 3.36. The largest absolute Gasteiger partial charge is 0.472 e. The highest BCUT2D eigenvalue weighted by Gasteiger charge is 2.58. The van der Waals surface area contributed by atoms with Gasteiger partial charge in [-0.05, 0) is 70.6 Å². The first-order chi connectivity index (χ1) is 44.8. The van der Waals surface area contributed by atoms with Crippen LogP contribution in [0.1, 0.15) is 258 Å². The predicted octanol–water partition coefficient (Wildman–Crippen LogP) is 8.57. The van der Waals surface area contributed by atoms with Crippen molar-refractivity contribution in [2.75, 3.05) is 26.4 Å². The third-order valence-corrected chi connectivity index (χ3v) is 18.4. The summed E-state index contributed by atoms with van der Waals surface area (Å²) in [5, 5.41) is 110. The molecule has 3 fully saturated rings. The molecular weight excluding hydrogens is 1230 g/mol. The van der Waals surface area contributed by atoms with Gasteiger partial charge in [-0.1, -0.05) is 193 Å². The summed E-state index contributed by atoms with van der Waals surface area (Å²) >= 11 is 0. The summed E-state index contributed by atoms with van der Waals surface area (Å²) in [4.78, 5) is 50.8. The minimum atomic E-state index is -5.69. The van der Waals surface area contributed by atoms with Crippen LogP contribution in [0.15, 0.2) is 24.3 Å². The lowest BCUT2D eigenvalue weighted by Crippen LogP contribution is -2.69. The van der Waals surface area contributed by atoms with Crippen molar-refractivity contribution < 1.29 is 117 Å². The van der Waals surface area contributed by atoms with Gasteiger partial charge in [-0.2, -0.15) is 0 Å². The average Bonchev–Trinajstić information content (AvgIpc) is 0.772. The molecule has 0 aromatic rings. The van der Waals surface area contributed by atoms with E-state index in [4.69, 9.17) is 42.2 Å². The van der Waals surface area contributed by atoms with Gasteiger partial charge in [-0.3, -0.25) is 23.4 Å². The maximum absolute atomic E-state index is 14.3. The molecule has 0 bridgehead atoms. The molecule has 3 rings (SSSR count). The van der Waals surface area contributed by atoms with Crippen LogP contribution in [0.5, 0.6) is 0 Å². The number of hydrogen-bond donors (Lipinski definition) is 11. The molecule has 18 atom stereocenters. The molecule has 0 aromatic heterocycles. The summed E-state index contributed by atoms with van der Waals surface area (Å²) in [5.74, 6) is -2.03. The Morgan fingerprint density at radius 2 is 0.753 bits per heavy atom. The number of carbonyl (C=O) groups is 3. The molecule has 0 radical (unpaired) electrons. The Balaban J connectivity index is 1.76. The van der Waals surface area contributed by atoms with Crippen molar-refractivity contribution in [3.63, 3.8) is 0 Å². The monoisotopic (exact) mass is 1350 g/mol. The van der Waals surface area contributed by atoms with E-state index in [9.17, 15) is 74.9 Å². The summed E-state index contributed by atoms with van der Waals surface area (Å²) in [5.41, 5.74) is 0. The average molecular weight is 1360 g/mol. The second-order valence-electron chi connectivity index (χ2n) is 25.6. The van der Waals surface area contributed by atoms with E-state index in [2.05, 4.69) is 45.1 Å². The Bertz CT molecular complexity index is 2040. The lowest BCUT2D eigenvalue weighted by molar-refractivity contribution is -0.360. The second kappa shape index (κ2) is 50.7. The van der Waals surface area contributed by atoms with Gasteiger partial charge in [0.05, 0.1) is 13.2 Å². The van der Waals surface area contributed by atoms with Gasteiger partial charge in [0.15, 0.2) is 18.7 Å². The number of aliphatic hydroxyl groups is 10. The van der Waals surface area contributed by atoms with Crippen LogP contribution in [0, 0.1) is 0 Å². The van der Waals surface area contributed by atoms with Gasteiger partial charge < -0.3 is 89.1 Å². The number of rotatable bonds is 54. The van der Waals surface area contributed by atoms with E-state index >= 15 is 0 Å². The molecule has 11 N–H and O–H groups in total. The van der Waals surface area contributed by atoms with E-state index in [0.29, 0.717) is 19.3 Å². The molecule has 1 aliphatic carbocycles.